The predicted molar refractivity (Wildman–Crippen MR) is 79.9 cm³/mol. The van der Waals surface area contributed by atoms with E-state index in [0.717, 1.165) is 0 Å². The van der Waals surface area contributed by atoms with E-state index in [9.17, 15) is 9.59 Å². The molecule has 1 aromatic carbocycles. The first kappa shape index (κ1) is 14.7. The van der Waals surface area contributed by atoms with E-state index in [0.29, 0.717) is 40.1 Å². The van der Waals surface area contributed by atoms with Crippen LogP contribution in [0.15, 0.2) is 23.0 Å². The van der Waals surface area contributed by atoms with Gasteiger partial charge in [0.1, 0.15) is 0 Å². The monoisotopic (exact) mass is 312 g/mol. The molecule has 5 nitrogen and oxygen atoms in total. The SMILES string of the molecule is O=C(O)CCCCn1c(=S)[nH]c2ccc(Cl)cc2c1=O. The number of nitrogens with zero attached hydrogens (tertiary/aromatic N) is 1. The Bertz CT molecular complexity index is 766. The predicted octanol–water partition coefficient (Wildman–Crippen LogP) is 2.97. The third-order valence-electron chi connectivity index (χ3n) is 2.97. The number of carboxylic acids is 1. The van der Waals surface area contributed by atoms with Crippen LogP contribution in [0.5, 0.6) is 0 Å². The number of benzene rings is 1. The lowest BCUT2D eigenvalue weighted by atomic mass is 10.2. The van der Waals surface area contributed by atoms with E-state index in [2.05, 4.69) is 4.98 Å². The van der Waals surface area contributed by atoms with Gasteiger partial charge in [0.05, 0.1) is 10.9 Å². The van der Waals surface area contributed by atoms with Gasteiger partial charge in [-0.15, -0.1) is 0 Å². The van der Waals surface area contributed by atoms with Gasteiger partial charge in [-0.25, -0.2) is 0 Å². The summed E-state index contributed by atoms with van der Waals surface area (Å²) in [6, 6.07) is 4.99. The first-order valence-electron chi connectivity index (χ1n) is 6.13. The molecule has 0 radical (unpaired) electrons. The summed E-state index contributed by atoms with van der Waals surface area (Å²) in [5.41, 5.74) is 0.438. The van der Waals surface area contributed by atoms with Gasteiger partial charge in [-0.3, -0.25) is 14.2 Å². The Hall–Kier alpha value is -1.66. The normalized spacial score (nSPS) is 10.8. The molecule has 0 bridgehead atoms. The van der Waals surface area contributed by atoms with E-state index in [1.54, 1.807) is 18.2 Å². The first-order valence-corrected chi connectivity index (χ1v) is 6.92. The van der Waals surface area contributed by atoms with Crippen LogP contribution >= 0.6 is 23.8 Å². The molecule has 0 aliphatic carbocycles. The summed E-state index contributed by atoms with van der Waals surface area (Å²) >= 11 is 11.1. The minimum Gasteiger partial charge on any atom is -0.481 e. The summed E-state index contributed by atoms with van der Waals surface area (Å²) in [5, 5.41) is 9.54. The van der Waals surface area contributed by atoms with Gasteiger partial charge in [-0.05, 0) is 43.3 Å². The van der Waals surface area contributed by atoms with Crippen LogP contribution in [0.25, 0.3) is 10.9 Å². The summed E-state index contributed by atoms with van der Waals surface area (Å²) < 4.78 is 1.77. The number of fused-ring (bicyclic) bond motifs is 1. The number of halogens is 1. The molecule has 2 aromatic rings. The van der Waals surface area contributed by atoms with Crippen LogP contribution < -0.4 is 5.56 Å². The largest absolute Gasteiger partial charge is 0.481 e. The van der Waals surface area contributed by atoms with Gasteiger partial charge in [-0.1, -0.05) is 11.6 Å². The number of aliphatic carboxylic acids is 1. The molecule has 0 unspecified atom stereocenters. The van der Waals surface area contributed by atoms with Crippen molar-refractivity contribution in [3.63, 3.8) is 0 Å². The molecule has 7 heteroatoms. The van der Waals surface area contributed by atoms with Gasteiger partial charge in [0.25, 0.3) is 5.56 Å². The summed E-state index contributed by atoms with van der Waals surface area (Å²) in [4.78, 5) is 25.8. The Morgan fingerprint density at radius 1 is 1.40 bits per heavy atom. The lowest BCUT2D eigenvalue weighted by Gasteiger charge is -2.07. The Morgan fingerprint density at radius 3 is 2.85 bits per heavy atom. The molecule has 20 heavy (non-hydrogen) atoms. The number of hydrogen-bond donors (Lipinski definition) is 2. The number of nitrogens with one attached hydrogen (secondary N) is 1. The Morgan fingerprint density at radius 2 is 2.15 bits per heavy atom. The fourth-order valence-electron chi connectivity index (χ4n) is 1.97. The highest BCUT2D eigenvalue weighted by Gasteiger charge is 2.06. The highest BCUT2D eigenvalue weighted by molar-refractivity contribution is 7.71. The zero-order chi connectivity index (χ0) is 14.7. The van der Waals surface area contributed by atoms with Gasteiger partial charge in [0.2, 0.25) is 0 Å². The van der Waals surface area contributed by atoms with Crippen LogP contribution in [0, 0.1) is 4.77 Å². The van der Waals surface area contributed by atoms with Crippen LogP contribution in [-0.4, -0.2) is 20.6 Å². The van der Waals surface area contributed by atoms with Crippen LogP contribution in [0.2, 0.25) is 5.02 Å². The van der Waals surface area contributed by atoms with Crippen molar-refractivity contribution in [3.05, 3.63) is 38.3 Å². The molecule has 106 valence electrons. The summed E-state index contributed by atoms with van der Waals surface area (Å²) in [7, 11) is 0. The Balaban J connectivity index is 2.31. The summed E-state index contributed by atoms with van der Waals surface area (Å²) in [5.74, 6) is -0.840. The van der Waals surface area contributed by atoms with Crippen molar-refractivity contribution >= 4 is 40.7 Å². The van der Waals surface area contributed by atoms with Crippen molar-refractivity contribution in [2.45, 2.75) is 25.8 Å². The van der Waals surface area contributed by atoms with Crippen molar-refractivity contribution in [2.24, 2.45) is 0 Å². The molecule has 1 aromatic heterocycles. The van der Waals surface area contributed by atoms with Gasteiger partial charge in [0, 0.05) is 18.0 Å². The number of carboxylic acid groups (broad SMARTS) is 1. The number of unbranched alkanes of at least 4 members (excludes halogenated alkanes) is 1. The molecule has 0 aliphatic rings. The number of H-pyrrole nitrogens is 1. The molecule has 2 rings (SSSR count). The fourth-order valence-corrected chi connectivity index (χ4v) is 2.43. The quantitative estimate of drug-likeness (QED) is 0.657. The van der Waals surface area contributed by atoms with Crippen molar-refractivity contribution < 1.29 is 9.90 Å². The highest BCUT2D eigenvalue weighted by Crippen LogP contribution is 2.14. The van der Waals surface area contributed by atoms with Crippen LogP contribution in [0.1, 0.15) is 19.3 Å². The van der Waals surface area contributed by atoms with Crippen molar-refractivity contribution in [1.29, 1.82) is 0 Å². The second-order valence-electron chi connectivity index (χ2n) is 4.43. The highest BCUT2D eigenvalue weighted by atomic mass is 35.5. The maximum Gasteiger partial charge on any atom is 0.303 e. The molecule has 0 atom stereocenters. The van der Waals surface area contributed by atoms with Gasteiger partial charge in [-0.2, -0.15) is 0 Å². The summed E-state index contributed by atoms with van der Waals surface area (Å²) in [6.45, 7) is 0.393. The molecule has 0 saturated carbocycles. The molecule has 2 N–H and O–H groups in total. The average molecular weight is 313 g/mol. The van der Waals surface area contributed by atoms with Crippen LogP contribution in [-0.2, 0) is 11.3 Å². The number of aromatic nitrogens is 2. The second kappa shape index (κ2) is 6.19. The first-order chi connectivity index (χ1) is 9.49. The number of hydrogen-bond acceptors (Lipinski definition) is 3. The lowest BCUT2D eigenvalue weighted by Crippen LogP contribution is -2.22. The van der Waals surface area contributed by atoms with Crippen molar-refractivity contribution in [2.75, 3.05) is 0 Å². The molecule has 0 fully saturated rings. The fraction of sp³-hybridized carbons (Fsp3) is 0.308. The zero-order valence-corrected chi connectivity index (χ0v) is 12.1. The lowest BCUT2D eigenvalue weighted by molar-refractivity contribution is -0.137. The van der Waals surface area contributed by atoms with Crippen LogP contribution in [0.3, 0.4) is 0 Å². The van der Waals surface area contributed by atoms with E-state index in [4.69, 9.17) is 28.9 Å². The average Bonchev–Trinajstić information content (AvgIpc) is 2.38. The molecule has 1 heterocycles. The Kier molecular flexibility index (Phi) is 4.57. The van der Waals surface area contributed by atoms with Crippen molar-refractivity contribution in [1.82, 2.24) is 9.55 Å². The van der Waals surface area contributed by atoms with Crippen LogP contribution in [0.4, 0.5) is 0 Å². The maximum absolute atomic E-state index is 12.3. The topological polar surface area (TPSA) is 75.1 Å². The molecule has 0 aliphatic heterocycles. The standard InChI is InChI=1S/C13H13ClN2O3S/c14-8-4-5-10-9(7-8)12(19)16(13(20)15-10)6-2-1-3-11(17)18/h4-5,7H,1-3,6H2,(H,15,20)(H,17,18). The molecule has 0 saturated heterocycles. The third kappa shape index (κ3) is 3.26. The van der Waals surface area contributed by atoms with Gasteiger partial charge >= 0.3 is 5.97 Å². The van der Waals surface area contributed by atoms with E-state index >= 15 is 0 Å². The minimum absolute atomic E-state index is 0.0879. The van der Waals surface area contributed by atoms with E-state index in [-0.39, 0.29) is 12.0 Å². The maximum atomic E-state index is 12.3. The van der Waals surface area contributed by atoms with Gasteiger partial charge < -0.3 is 10.1 Å². The zero-order valence-electron chi connectivity index (χ0n) is 10.6. The second-order valence-corrected chi connectivity index (χ2v) is 5.25. The molecule has 0 spiro atoms. The van der Waals surface area contributed by atoms with Gasteiger partial charge in [0.15, 0.2) is 4.77 Å². The minimum atomic E-state index is -0.840. The summed E-state index contributed by atoms with van der Waals surface area (Å²) in [6.07, 6.45) is 1.17. The number of carbonyl (C=O) groups is 1. The van der Waals surface area contributed by atoms with Crippen molar-refractivity contribution in [3.8, 4) is 0 Å². The third-order valence-corrected chi connectivity index (χ3v) is 3.52. The molecular weight excluding hydrogens is 300 g/mol. The number of rotatable bonds is 5. The molecular formula is C13H13ClN2O3S. The smallest absolute Gasteiger partial charge is 0.303 e. The van der Waals surface area contributed by atoms with E-state index in [1.165, 1.54) is 4.57 Å². The van der Waals surface area contributed by atoms with E-state index in [1.807, 2.05) is 0 Å². The van der Waals surface area contributed by atoms with E-state index < -0.39 is 5.97 Å². The Labute approximate surface area is 124 Å². The molecule has 0 amide bonds. The number of aromatic amines is 1.